The standard InChI is InChI=1S/C18H27N5O.HI/c1-3-19-18(20-10-6-13-23-14-7-11-22-23)21-12-15-24-17-9-5-4-8-16(17)2;/h4-5,7-9,11,14H,3,6,10,12-13,15H2,1-2H3,(H2,19,20,21);1H. The van der Waals surface area contributed by atoms with Gasteiger partial charge in [0.25, 0.3) is 0 Å². The van der Waals surface area contributed by atoms with Gasteiger partial charge in [-0.05, 0) is 38.0 Å². The van der Waals surface area contributed by atoms with Gasteiger partial charge in [0.1, 0.15) is 12.4 Å². The maximum atomic E-state index is 5.78. The van der Waals surface area contributed by atoms with Crippen molar-refractivity contribution >= 4 is 29.9 Å². The number of hydrogen-bond donors (Lipinski definition) is 2. The van der Waals surface area contributed by atoms with Gasteiger partial charge in [-0.15, -0.1) is 24.0 Å². The third kappa shape index (κ3) is 8.24. The van der Waals surface area contributed by atoms with Crippen molar-refractivity contribution in [3.8, 4) is 5.75 Å². The molecule has 1 heterocycles. The first-order valence-corrected chi connectivity index (χ1v) is 8.47. The van der Waals surface area contributed by atoms with Crippen LogP contribution in [0.15, 0.2) is 47.7 Å². The molecule has 0 unspecified atom stereocenters. The number of para-hydroxylation sites is 1. The van der Waals surface area contributed by atoms with Gasteiger partial charge in [-0.3, -0.25) is 9.67 Å². The van der Waals surface area contributed by atoms with Crippen LogP contribution in [-0.2, 0) is 6.54 Å². The Kier molecular flexibility index (Phi) is 10.7. The zero-order chi connectivity index (χ0) is 17.0. The number of aromatic nitrogens is 2. The van der Waals surface area contributed by atoms with Crippen molar-refractivity contribution < 1.29 is 4.74 Å². The molecule has 0 saturated heterocycles. The molecule has 0 atom stereocenters. The summed E-state index contributed by atoms with van der Waals surface area (Å²) in [7, 11) is 0. The topological polar surface area (TPSA) is 63.5 Å². The van der Waals surface area contributed by atoms with Gasteiger partial charge in [-0.2, -0.15) is 5.10 Å². The molecule has 0 aliphatic rings. The van der Waals surface area contributed by atoms with E-state index in [4.69, 9.17) is 4.74 Å². The molecule has 0 saturated carbocycles. The number of aliphatic imine (C=N–C) groups is 1. The number of hydrogen-bond acceptors (Lipinski definition) is 3. The molecule has 25 heavy (non-hydrogen) atoms. The highest BCUT2D eigenvalue weighted by molar-refractivity contribution is 14.0. The van der Waals surface area contributed by atoms with Crippen LogP contribution >= 0.6 is 24.0 Å². The monoisotopic (exact) mass is 457 g/mol. The van der Waals surface area contributed by atoms with E-state index in [-0.39, 0.29) is 24.0 Å². The van der Waals surface area contributed by atoms with E-state index in [0.29, 0.717) is 13.2 Å². The fourth-order valence-electron chi connectivity index (χ4n) is 2.25. The van der Waals surface area contributed by atoms with Gasteiger partial charge >= 0.3 is 0 Å². The van der Waals surface area contributed by atoms with Crippen LogP contribution < -0.4 is 15.4 Å². The summed E-state index contributed by atoms with van der Waals surface area (Å²) in [6.07, 6.45) is 4.72. The summed E-state index contributed by atoms with van der Waals surface area (Å²) in [5.74, 6) is 1.76. The largest absolute Gasteiger partial charge is 0.491 e. The van der Waals surface area contributed by atoms with Gasteiger partial charge in [-0.1, -0.05) is 18.2 Å². The van der Waals surface area contributed by atoms with Gasteiger partial charge in [0.15, 0.2) is 5.96 Å². The van der Waals surface area contributed by atoms with E-state index in [0.717, 1.165) is 43.3 Å². The van der Waals surface area contributed by atoms with Crippen molar-refractivity contribution in [2.75, 3.05) is 26.2 Å². The number of halogens is 1. The summed E-state index contributed by atoms with van der Waals surface area (Å²) < 4.78 is 7.71. The van der Waals surface area contributed by atoms with Crippen LogP contribution in [0.25, 0.3) is 0 Å². The Bertz CT molecular complexity index is 616. The lowest BCUT2D eigenvalue weighted by Gasteiger charge is -2.13. The highest BCUT2D eigenvalue weighted by Crippen LogP contribution is 2.15. The van der Waals surface area contributed by atoms with E-state index in [2.05, 4.69) is 27.6 Å². The minimum absolute atomic E-state index is 0. The van der Waals surface area contributed by atoms with Crippen molar-refractivity contribution in [1.29, 1.82) is 0 Å². The molecule has 0 spiro atoms. The zero-order valence-corrected chi connectivity index (χ0v) is 17.3. The summed E-state index contributed by atoms with van der Waals surface area (Å²) in [6.45, 7) is 7.89. The Morgan fingerprint density at radius 1 is 1.24 bits per heavy atom. The fourth-order valence-corrected chi connectivity index (χ4v) is 2.25. The van der Waals surface area contributed by atoms with Crippen LogP contribution in [0.2, 0.25) is 0 Å². The molecule has 1 aromatic heterocycles. The molecular formula is C18H28IN5O. The molecule has 0 aliphatic carbocycles. The SMILES string of the molecule is CCNC(=NCCCn1cccn1)NCCOc1ccccc1C.I. The smallest absolute Gasteiger partial charge is 0.191 e. The second-order valence-electron chi connectivity index (χ2n) is 5.42. The Hall–Kier alpha value is -1.77. The first-order valence-electron chi connectivity index (χ1n) is 8.47. The second-order valence-corrected chi connectivity index (χ2v) is 5.42. The van der Waals surface area contributed by atoms with Crippen LogP contribution in [0, 0.1) is 6.92 Å². The van der Waals surface area contributed by atoms with Crippen molar-refractivity contribution in [2.24, 2.45) is 4.99 Å². The zero-order valence-electron chi connectivity index (χ0n) is 14.9. The summed E-state index contributed by atoms with van der Waals surface area (Å²) in [6, 6.07) is 9.97. The van der Waals surface area contributed by atoms with E-state index in [9.17, 15) is 0 Å². The van der Waals surface area contributed by atoms with Crippen LogP contribution in [0.4, 0.5) is 0 Å². The molecule has 2 rings (SSSR count). The van der Waals surface area contributed by atoms with Gasteiger partial charge in [0, 0.05) is 32.0 Å². The maximum Gasteiger partial charge on any atom is 0.191 e. The highest BCUT2D eigenvalue weighted by Gasteiger charge is 1.99. The number of nitrogens with one attached hydrogen (secondary N) is 2. The molecule has 138 valence electrons. The van der Waals surface area contributed by atoms with Crippen LogP contribution in [0.3, 0.4) is 0 Å². The highest BCUT2D eigenvalue weighted by atomic mass is 127. The molecule has 1 aromatic carbocycles. The average Bonchev–Trinajstić information content (AvgIpc) is 3.10. The third-order valence-electron chi connectivity index (χ3n) is 3.46. The number of nitrogens with zero attached hydrogens (tertiary/aromatic N) is 3. The molecule has 6 nitrogen and oxygen atoms in total. The first kappa shape index (κ1) is 21.3. The van der Waals surface area contributed by atoms with E-state index in [1.54, 1.807) is 6.20 Å². The predicted molar refractivity (Wildman–Crippen MR) is 113 cm³/mol. The van der Waals surface area contributed by atoms with E-state index >= 15 is 0 Å². The fraction of sp³-hybridized carbons (Fsp3) is 0.444. The molecule has 0 aliphatic heterocycles. The lowest BCUT2D eigenvalue weighted by Crippen LogP contribution is -2.39. The summed E-state index contributed by atoms with van der Waals surface area (Å²) in [4.78, 5) is 4.57. The molecule has 7 heteroatoms. The number of aryl methyl sites for hydroxylation is 2. The third-order valence-corrected chi connectivity index (χ3v) is 3.46. The van der Waals surface area contributed by atoms with Gasteiger partial charge in [-0.25, -0.2) is 0 Å². The van der Waals surface area contributed by atoms with Crippen molar-refractivity contribution in [3.63, 3.8) is 0 Å². The molecular weight excluding hydrogens is 429 g/mol. The Labute approximate surface area is 167 Å². The Morgan fingerprint density at radius 3 is 2.80 bits per heavy atom. The summed E-state index contributed by atoms with van der Waals surface area (Å²) in [5.41, 5.74) is 1.15. The molecule has 0 radical (unpaired) electrons. The normalized spacial score (nSPS) is 10.9. The molecule has 0 fully saturated rings. The second kappa shape index (κ2) is 12.6. The molecule has 2 N–H and O–H groups in total. The lowest BCUT2D eigenvalue weighted by atomic mass is 10.2. The maximum absolute atomic E-state index is 5.78. The van der Waals surface area contributed by atoms with Gasteiger partial charge in [0.2, 0.25) is 0 Å². The van der Waals surface area contributed by atoms with E-state index < -0.39 is 0 Å². The number of benzene rings is 1. The Balaban J connectivity index is 0.00000312. The van der Waals surface area contributed by atoms with E-state index in [1.165, 1.54) is 0 Å². The quantitative estimate of drug-likeness (QED) is 0.263. The minimum atomic E-state index is 0. The minimum Gasteiger partial charge on any atom is -0.491 e. The predicted octanol–water partition coefficient (Wildman–Crippen LogP) is 2.83. The molecule has 0 bridgehead atoms. The Morgan fingerprint density at radius 2 is 2.08 bits per heavy atom. The number of guanidine groups is 1. The number of ether oxygens (including phenoxy) is 1. The summed E-state index contributed by atoms with van der Waals surface area (Å²) >= 11 is 0. The van der Waals surface area contributed by atoms with Crippen LogP contribution in [0.5, 0.6) is 5.75 Å². The number of rotatable bonds is 9. The first-order chi connectivity index (χ1) is 11.8. The lowest BCUT2D eigenvalue weighted by molar-refractivity contribution is 0.320. The van der Waals surface area contributed by atoms with Crippen LogP contribution in [-0.4, -0.2) is 42.0 Å². The van der Waals surface area contributed by atoms with Crippen molar-refractivity contribution in [2.45, 2.75) is 26.8 Å². The van der Waals surface area contributed by atoms with Gasteiger partial charge < -0.3 is 15.4 Å². The van der Waals surface area contributed by atoms with Gasteiger partial charge in [0.05, 0.1) is 6.54 Å². The van der Waals surface area contributed by atoms with Crippen molar-refractivity contribution in [3.05, 3.63) is 48.3 Å². The summed E-state index contributed by atoms with van der Waals surface area (Å²) in [5, 5.41) is 10.7. The van der Waals surface area contributed by atoms with E-state index in [1.807, 2.05) is 48.1 Å². The molecule has 0 amide bonds. The average molecular weight is 457 g/mol. The molecule has 2 aromatic rings. The van der Waals surface area contributed by atoms with Crippen molar-refractivity contribution in [1.82, 2.24) is 20.4 Å². The van der Waals surface area contributed by atoms with Crippen LogP contribution in [0.1, 0.15) is 18.9 Å².